The molecule has 0 saturated carbocycles. The van der Waals surface area contributed by atoms with Crippen LogP contribution >= 0.6 is 0 Å². The van der Waals surface area contributed by atoms with Crippen molar-refractivity contribution in [2.75, 3.05) is 21.3 Å². The number of carbonyl (C=O) groups is 1. The number of cyclic esters (lactones) is 1. The summed E-state index contributed by atoms with van der Waals surface area (Å²) < 4.78 is 21.3. The van der Waals surface area contributed by atoms with Crippen LogP contribution in [0.15, 0.2) is 47.1 Å². The fraction of sp³-hybridized carbons (Fsp3) is 0.200. The molecule has 3 rings (SSSR count). The Balaban J connectivity index is 1.99. The number of esters is 1. The van der Waals surface area contributed by atoms with E-state index in [1.54, 1.807) is 18.2 Å². The summed E-state index contributed by atoms with van der Waals surface area (Å²) in [4.78, 5) is 16.5. The largest absolute Gasteiger partial charge is 0.493 e. The van der Waals surface area contributed by atoms with Crippen molar-refractivity contribution in [1.82, 2.24) is 0 Å². The molecule has 0 N–H and O–H groups in total. The lowest BCUT2D eigenvalue weighted by Gasteiger charge is -2.13. The maximum atomic E-state index is 12.2. The maximum Gasteiger partial charge on any atom is 0.363 e. The molecule has 0 spiro atoms. The molecule has 6 heteroatoms. The van der Waals surface area contributed by atoms with Crippen LogP contribution in [0.2, 0.25) is 0 Å². The van der Waals surface area contributed by atoms with Gasteiger partial charge >= 0.3 is 5.97 Å². The van der Waals surface area contributed by atoms with E-state index in [1.165, 1.54) is 21.3 Å². The van der Waals surface area contributed by atoms with Crippen LogP contribution in [-0.4, -0.2) is 33.2 Å². The lowest BCUT2D eigenvalue weighted by atomic mass is 10.1. The molecule has 2 aromatic rings. The van der Waals surface area contributed by atoms with E-state index in [2.05, 4.69) is 4.99 Å². The van der Waals surface area contributed by atoms with Crippen LogP contribution in [0.25, 0.3) is 6.08 Å². The molecular weight excluding hydrogens is 334 g/mol. The molecule has 0 aromatic heterocycles. The normalized spacial score (nSPS) is 14.8. The molecule has 0 bridgehead atoms. The van der Waals surface area contributed by atoms with E-state index in [4.69, 9.17) is 18.9 Å². The molecule has 0 atom stereocenters. The highest BCUT2D eigenvalue weighted by Gasteiger charge is 2.26. The zero-order valence-electron chi connectivity index (χ0n) is 15.0. The molecule has 6 nitrogen and oxygen atoms in total. The molecule has 26 heavy (non-hydrogen) atoms. The number of rotatable bonds is 5. The van der Waals surface area contributed by atoms with Gasteiger partial charge in [0.25, 0.3) is 0 Å². The van der Waals surface area contributed by atoms with Gasteiger partial charge in [-0.1, -0.05) is 29.8 Å². The number of ether oxygens (including phenoxy) is 4. The average molecular weight is 353 g/mol. The average Bonchev–Trinajstić information content (AvgIpc) is 3.02. The molecule has 1 aliphatic rings. The number of aryl methyl sites for hydroxylation is 1. The lowest BCUT2D eigenvalue weighted by Crippen LogP contribution is -2.06. The van der Waals surface area contributed by atoms with Gasteiger partial charge in [0.2, 0.25) is 11.6 Å². The number of aliphatic imine (C=N–C) groups is 1. The number of nitrogens with zero attached hydrogens (tertiary/aromatic N) is 1. The van der Waals surface area contributed by atoms with Gasteiger partial charge in [-0.2, -0.15) is 0 Å². The quantitative estimate of drug-likeness (QED) is 0.609. The zero-order chi connectivity index (χ0) is 18.7. The minimum absolute atomic E-state index is 0.188. The van der Waals surface area contributed by atoms with E-state index in [0.717, 1.165) is 11.1 Å². The van der Waals surface area contributed by atoms with Crippen LogP contribution in [0.4, 0.5) is 0 Å². The Bertz CT molecular complexity index is 872. The van der Waals surface area contributed by atoms with Crippen molar-refractivity contribution in [3.05, 3.63) is 58.8 Å². The predicted octanol–water partition coefficient (Wildman–Crippen LogP) is 3.37. The van der Waals surface area contributed by atoms with Gasteiger partial charge in [0.1, 0.15) is 0 Å². The Labute approximate surface area is 151 Å². The third-order valence-corrected chi connectivity index (χ3v) is 3.91. The predicted molar refractivity (Wildman–Crippen MR) is 97.9 cm³/mol. The second-order valence-electron chi connectivity index (χ2n) is 5.66. The minimum atomic E-state index is -0.505. The van der Waals surface area contributed by atoms with Gasteiger partial charge in [-0.05, 0) is 30.7 Å². The Morgan fingerprint density at radius 1 is 0.962 bits per heavy atom. The first kappa shape index (κ1) is 17.5. The summed E-state index contributed by atoms with van der Waals surface area (Å²) in [5.74, 6) is 1.05. The monoisotopic (exact) mass is 353 g/mol. The van der Waals surface area contributed by atoms with E-state index >= 15 is 0 Å². The number of hydrogen-bond donors (Lipinski definition) is 0. The summed E-state index contributed by atoms with van der Waals surface area (Å²) in [6.45, 7) is 2.00. The molecular formula is C20H19NO5. The molecule has 134 valence electrons. The SMILES string of the molecule is COc1cc(C2=N/C(=C/c3ccc(C)cc3)C(=O)O2)cc(OC)c1OC. The topological polar surface area (TPSA) is 66.4 Å². The third-order valence-electron chi connectivity index (χ3n) is 3.91. The van der Waals surface area contributed by atoms with E-state index in [-0.39, 0.29) is 11.6 Å². The van der Waals surface area contributed by atoms with Crippen molar-refractivity contribution in [2.24, 2.45) is 4.99 Å². The minimum Gasteiger partial charge on any atom is -0.493 e. The second kappa shape index (κ2) is 7.31. The summed E-state index contributed by atoms with van der Waals surface area (Å²) in [7, 11) is 4.56. The van der Waals surface area contributed by atoms with Crippen molar-refractivity contribution >= 4 is 17.9 Å². The van der Waals surface area contributed by atoms with Gasteiger partial charge in [0.05, 0.1) is 21.3 Å². The maximum absolute atomic E-state index is 12.2. The first-order valence-corrected chi connectivity index (χ1v) is 7.95. The third kappa shape index (κ3) is 3.39. The number of carbonyl (C=O) groups excluding carboxylic acids is 1. The summed E-state index contributed by atoms with van der Waals surface area (Å²) in [6.07, 6.45) is 1.69. The highest BCUT2D eigenvalue weighted by Crippen LogP contribution is 2.39. The van der Waals surface area contributed by atoms with Gasteiger partial charge < -0.3 is 18.9 Å². The van der Waals surface area contributed by atoms with Crippen molar-refractivity contribution in [1.29, 1.82) is 0 Å². The molecule has 1 aliphatic heterocycles. The Morgan fingerprint density at radius 2 is 1.58 bits per heavy atom. The highest BCUT2D eigenvalue weighted by atomic mass is 16.6. The Hall–Kier alpha value is -3.28. The summed E-state index contributed by atoms with van der Waals surface area (Å²) in [5.41, 5.74) is 2.80. The molecule has 1 heterocycles. The fourth-order valence-corrected chi connectivity index (χ4v) is 2.56. The summed E-state index contributed by atoms with van der Waals surface area (Å²) in [6, 6.07) is 11.1. The van der Waals surface area contributed by atoms with Gasteiger partial charge in [0.15, 0.2) is 17.2 Å². The van der Waals surface area contributed by atoms with E-state index in [0.29, 0.717) is 22.8 Å². The molecule has 0 saturated heterocycles. The van der Waals surface area contributed by atoms with Gasteiger partial charge in [-0.15, -0.1) is 0 Å². The molecule has 0 fully saturated rings. The van der Waals surface area contributed by atoms with Crippen LogP contribution in [0, 0.1) is 6.92 Å². The smallest absolute Gasteiger partial charge is 0.363 e. The van der Waals surface area contributed by atoms with Gasteiger partial charge in [0, 0.05) is 5.56 Å². The fourth-order valence-electron chi connectivity index (χ4n) is 2.56. The second-order valence-corrected chi connectivity index (χ2v) is 5.66. The number of hydrogen-bond acceptors (Lipinski definition) is 6. The molecule has 0 amide bonds. The van der Waals surface area contributed by atoms with Crippen molar-refractivity contribution in [3.63, 3.8) is 0 Å². The standard InChI is InChI=1S/C20H19NO5/c1-12-5-7-13(8-6-12)9-15-20(22)26-19(21-15)14-10-16(23-2)18(25-4)17(11-14)24-3/h5-11H,1-4H3/b15-9+. The summed E-state index contributed by atoms with van der Waals surface area (Å²) >= 11 is 0. The van der Waals surface area contributed by atoms with Crippen molar-refractivity contribution in [3.8, 4) is 17.2 Å². The summed E-state index contributed by atoms with van der Waals surface area (Å²) in [5, 5.41) is 0. The number of methoxy groups -OCH3 is 3. The first-order valence-electron chi connectivity index (χ1n) is 7.95. The Morgan fingerprint density at radius 3 is 2.12 bits per heavy atom. The van der Waals surface area contributed by atoms with Crippen molar-refractivity contribution < 1.29 is 23.7 Å². The molecule has 0 aliphatic carbocycles. The number of benzene rings is 2. The van der Waals surface area contributed by atoms with Crippen LogP contribution in [0.5, 0.6) is 17.2 Å². The van der Waals surface area contributed by atoms with E-state index < -0.39 is 5.97 Å². The lowest BCUT2D eigenvalue weighted by molar-refractivity contribution is -0.129. The van der Waals surface area contributed by atoms with Gasteiger partial charge in [-0.25, -0.2) is 9.79 Å². The molecule has 0 unspecified atom stereocenters. The molecule has 2 aromatic carbocycles. The van der Waals surface area contributed by atoms with Crippen LogP contribution in [0.3, 0.4) is 0 Å². The van der Waals surface area contributed by atoms with Crippen LogP contribution < -0.4 is 14.2 Å². The van der Waals surface area contributed by atoms with Gasteiger partial charge in [-0.3, -0.25) is 0 Å². The first-order chi connectivity index (χ1) is 12.5. The Kier molecular flexibility index (Phi) is 4.93. The van der Waals surface area contributed by atoms with E-state index in [9.17, 15) is 4.79 Å². The van der Waals surface area contributed by atoms with Crippen molar-refractivity contribution in [2.45, 2.75) is 6.92 Å². The van der Waals surface area contributed by atoms with Crippen LogP contribution in [0.1, 0.15) is 16.7 Å². The zero-order valence-corrected chi connectivity index (χ0v) is 15.0. The van der Waals surface area contributed by atoms with E-state index in [1.807, 2.05) is 31.2 Å². The van der Waals surface area contributed by atoms with Crippen LogP contribution in [-0.2, 0) is 9.53 Å². The molecule has 0 radical (unpaired) electrons. The highest BCUT2D eigenvalue weighted by molar-refractivity contribution is 6.13.